The molecule has 3 nitrogen and oxygen atoms in total. The van der Waals surface area contributed by atoms with Crippen molar-refractivity contribution < 1.29 is 4.39 Å². The minimum atomic E-state index is -0.487. The second-order valence-corrected chi connectivity index (χ2v) is 4.14. The van der Waals surface area contributed by atoms with E-state index in [-0.39, 0.29) is 0 Å². The second kappa shape index (κ2) is 4.67. The normalized spacial score (nSPS) is 12.4. The van der Waals surface area contributed by atoms with Crippen molar-refractivity contribution in [3.63, 3.8) is 0 Å². The molecule has 82 valence electrons. The highest BCUT2D eigenvalue weighted by Crippen LogP contribution is 2.24. The third-order valence-electron chi connectivity index (χ3n) is 2.17. The fourth-order valence-electron chi connectivity index (χ4n) is 1.38. The third kappa shape index (κ3) is 2.25. The molecular weight excluding hydrogens is 273 g/mol. The van der Waals surface area contributed by atoms with Crippen molar-refractivity contribution in [2.75, 3.05) is 0 Å². The fourth-order valence-corrected chi connectivity index (χ4v) is 1.88. The summed E-state index contributed by atoms with van der Waals surface area (Å²) in [5.41, 5.74) is 7.25. The van der Waals surface area contributed by atoms with Gasteiger partial charge in [0.15, 0.2) is 0 Å². The Labute approximate surface area is 101 Å². The average molecular weight is 282 g/mol. The summed E-state index contributed by atoms with van der Waals surface area (Å²) in [7, 11) is 0. The Kier molecular flexibility index (Phi) is 3.26. The first kappa shape index (κ1) is 11.2. The predicted octanol–water partition coefficient (Wildman–Crippen LogP) is 2.43. The Bertz CT molecular complexity index is 504. The molecule has 5 heteroatoms. The van der Waals surface area contributed by atoms with E-state index in [4.69, 9.17) is 5.73 Å². The summed E-state index contributed by atoms with van der Waals surface area (Å²) in [6, 6.07) is 4.51. The molecule has 2 heterocycles. The number of aromatic nitrogens is 2. The zero-order valence-corrected chi connectivity index (χ0v) is 9.86. The number of pyridine rings is 2. The van der Waals surface area contributed by atoms with Crippen LogP contribution in [0.3, 0.4) is 0 Å². The lowest BCUT2D eigenvalue weighted by molar-refractivity contribution is 0.615. The molecule has 2 rings (SSSR count). The van der Waals surface area contributed by atoms with E-state index >= 15 is 0 Å². The largest absolute Gasteiger partial charge is 0.319 e. The van der Waals surface area contributed by atoms with E-state index in [2.05, 4.69) is 25.9 Å². The van der Waals surface area contributed by atoms with E-state index < -0.39 is 11.9 Å². The van der Waals surface area contributed by atoms with Gasteiger partial charge in [-0.15, -0.1) is 0 Å². The van der Waals surface area contributed by atoms with Crippen molar-refractivity contribution >= 4 is 15.9 Å². The molecule has 2 aromatic heterocycles. The van der Waals surface area contributed by atoms with Gasteiger partial charge in [-0.05, 0) is 39.7 Å². The maximum atomic E-state index is 13.0. The SMILES string of the molecule is NC(c1cncc(F)c1)c1ncccc1Br. The summed E-state index contributed by atoms with van der Waals surface area (Å²) in [4.78, 5) is 7.92. The quantitative estimate of drug-likeness (QED) is 0.920. The molecule has 0 saturated heterocycles. The van der Waals surface area contributed by atoms with Crippen LogP contribution in [0, 0.1) is 5.82 Å². The minimum Gasteiger partial charge on any atom is -0.319 e. The van der Waals surface area contributed by atoms with E-state index in [0.29, 0.717) is 11.3 Å². The highest BCUT2D eigenvalue weighted by molar-refractivity contribution is 9.10. The first-order valence-electron chi connectivity index (χ1n) is 4.65. The number of hydrogen-bond acceptors (Lipinski definition) is 3. The molecule has 2 N–H and O–H groups in total. The van der Waals surface area contributed by atoms with Gasteiger partial charge in [-0.1, -0.05) is 0 Å². The topological polar surface area (TPSA) is 51.8 Å². The molecule has 0 aliphatic rings. The van der Waals surface area contributed by atoms with Gasteiger partial charge in [0.1, 0.15) is 5.82 Å². The zero-order valence-electron chi connectivity index (χ0n) is 8.27. The lowest BCUT2D eigenvalue weighted by Gasteiger charge is -2.12. The Balaban J connectivity index is 2.39. The van der Waals surface area contributed by atoms with Crippen molar-refractivity contribution in [3.05, 3.63) is 58.3 Å². The zero-order chi connectivity index (χ0) is 11.5. The maximum Gasteiger partial charge on any atom is 0.141 e. The third-order valence-corrected chi connectivity index (χ3v) is 2.84. The van der Waals surface area contributed by atoms with Crippen LogP contribution in [0.15, 0.2) is 41.3 Å². The number of nitrogens with two attached hydrogens (primary N) is 1. The van der Waals surface area contributed by atoms with Crippen LogP contribution in [0.4, 0.5) is 4.39 Å². The van der Waals surface area contributed by atoms with Crippen molar-refractivity contribution in [1.29, 1.82) is 0 Å². The Morgan fingerprint density at radius 3 is 2.88 bits per heavy atom. The highest BCUT2D eigenvalue weighted by atomic mass is 79.9. The van der Waals surface area contributed by atoms with Crippen LogP contribution in [0.2, 0.25) is 0 Å². The Morgan fingerprint density at radius 2 is 2.19 bits per heavy atom. The van der Waals surface area contributed by atoms with Crippen LogP contribution in [0.1, 0.15) is 17.3 Å². The monoisotopic (exact) mass is 281 g/mol. The standard InChI is InChI=1S/C11H9BrFN3/c12-9-2-1-3-16-11(9)10(14)7-4-8(13)6-15-5-7/h1-6,10H,14H2. The summed E-state index contributed by atoms with van der Waals surface area (Å²) in [5.74, 6) is -0.403. The molecule has 0 spiro atoms. The van der Waals surface area contributed by atoms with Gasteiger partial charge in [0.05, 0.1) is 17.9 Å². The molecule has 0 fully saturated rings. The van der Waals surface area contributed by atoms with E-state index in [1.165, 1.54) is 12.3 Å². The molecule has 0 saturated carbocycles. The Morgan fingerprint density at radius 1 is 1.38 bits per heavy atom. The molecular formula is C11H9BrFN3. The number of nitrogens with zero attached hydrogens (tertiary/aromatic N) is 2. The minimum absolute atomic E-state index is 0.403. The second-order valence-electron chi connectivity index (χ2n) is 3.28. The average Bonchev–Trinajstić information content (AvgIpc) is 2.29. The molecule has 0 aromatic carbocycles. The van der Waals surface area contributed by atoms with Gasteiger partial charge in [-0.25, -0.2) is 4.39 Å². The molecule has 0 aliphatic carbocycles. The molecule has 0 amide bonds. The van der Waals surface area contributed by atoms with Crippen molar-refractivity contribution in [2.24, 2.45) is 5.73 Å². The van der Waals surface area contributed by atoms with Crippen LogP contribution in [-0.2, 0) is 0 Å². The molecule has 2 aromatic rings. The van der Waals surface area contributed by atoms with Crippen molar-refractivity contribution in [2.45, 2.75) is 6.04 Å². The fraction of sp³-hybridized carbons (Fsp3) is 0.0909. The smallest absolute Gasteiger partial charge is 0.141 e. The molecule has 0 bridgehead atoms. The van der Waals surface area contributed by atoms with Gasteiger partial charge in [0, 0.05) is 16.9 Å². The Hall–Kier alpha value is -1.33. The van der Waals surface area contributed by atoms with Gasteiger partial charge in [-0.2, -0.15) is 0 Å². The lowest BCUT2D eigenvalue weighted by atomic mass is 10.1. The van der Waals surface area contributed by atoms with E-state index in [9.17, 15) is 4.39 Å². The number of hydrogen-bond donors (Lipinski definition) is 1. The maximum absolute atomic E-state index is 13.0. The van der Waals surface area contributed by atoms with Crippen LogP contribution in [-0.4, -0.2) is 9.97 Å². The van der Waals surface area contributed by atoms with E-state index in [1.54, 1.807) is 12.3 Å². The summed E-state index contributed by atoms with van der Waals surface area (Å²) in [6.07, 6.45) is 4.32. The first-order chi connectivity index (χ1) is 7.68. The molecule has 16 heavy (non-hydrogen) atoms. The molecule has 1 unspecified atom stereocenters. The number of rotatable bonds is 2. The summed E-state index contributed by atoms with van der Waals surface area (Å²) >= 11 is 3.36. The van der Waals surface area contributed by atoms with Gasteiger partial charge in [0.25, 0.3) is 0 Å². The van der Waals surface area contributed by atoms with Gasteiger partial charge < -0.3 is 5.73 Å². The summed E-state index contributed by atoms with van der Waals surface area (Å²) in [5, 5.41) is 0. The van der Waals surface area contributed by atoms with Gasteiger partial charge >= 0.3 is 0 Å². The van der Waals surface area contributed by atoms with Gasteiger partial charge in [-0.3, -0.25) is 9.97 Å². The molecule has 0 aliphatic heterocycles. The van der Waals surface area contributed by atoms with Gasteiger partial charge in [0.2, 0.25) is 0 Å². The lowest BCUT2D eigenvalue weighted by Crippen LogP contribution is -2.14. The summed E-state index contributed by atoms with van der Waals surface area (Å²) < 4.78 is 13.8. The van der Waals surface area contributed by atoms with E-state index in [0.717, 1.165) is 10.7 Å². The predicted molar refractivity (Wildman–Crippen MR) is 62.2 cm³/mol. The molecule has 1 atom stereocenters. The van der Waals surface area contributed by atoms with Crippen LogP contribution >= 0.6 is 15.9 Å². The van der Waals surface area contributed by atoms with Crippen LogP contribution in [0.5, 0.6) is 0 Å². The molecule has 0 radical (unpaired) electrons. The van der Waals surface area contributed by atoms with Crippen molar-refractivity contribution in [3.8, 4) is 0 Å². The van der Waals surface area contributed by atoms with Crippen LogP contribution in [0.25, 0.3) is 0 Å². The summed E-state index contributed by atoms with van der Waals surface area (Å²) in [6.45, 7) is 0. The highest BCUT2D eigenvalue weighted by Gasteiger charge is 2.14. The van der Waals surface area contributed by atoms with Crippen LogP contribution < -0.4 is 5.73 Å². The van der Waals surface area contributed by atoms with Crippen molar-refractivity contribution in [1.82, 2.24) is 9.97 Å². The number of halogens is 2. The first-order valence-corrected chi connectivity index (χ1v) is 5.44. The van der Waals surface area contributed by atoms with E-state index in [1.807, 2.05) is 6.07 Å².